The van der Waals surface area contributed by atoms with Gasteiger partial charge >= 0.3 is 11.6 Å². The zero-order chi connectivity index (χ0) is 25.2. The van der Waals surface area contributed by atoms with E-state index in [0.29, 0.717) is 34.1 Å². The van der Waals surface area contributed by atoms with E-state index in [1.54, 1.807) is 61.5 Å². The molecule has 4 rings (SSSR count). The monoisotopic (exact) mass is 491 g/mol. The van der Waals surface area contributed by atoms with E-state index in [9.17, 15) is 18.0 Å². The lowest BCUT2D eigenvalue weighted by Crippen LogP contribution is -2.36. The number of hydrogen-bond acceptors (Lipinski definition) is 6. The molecule has 0 spiro atoms. The Labute approximate surface area is 203 Å². The Hall–Kier alpha value is -3.75. The van der Waals surface area contributed by atoms with Gasteiger partial charge in [-0.25, -0.2) is 18.0 Å². The van der Waals surface area contributed by atoms with Crippen molar-refractivity contribution in [1.29, 1.82) is 0 Å². The van der Waals surface area contributed by atoms with E-state index in [1.165, 1.54) is 18.2 Å². The first-order chi connectivity index (χ1) is 16.7. The molecule has 0 fully saturated rings. The molecule has 0 saturated carbocycles. The largest absolute Gasteiger partial charge is 0.424 e. The Kier molecular flexibility index (Phi) is 6.86. The van der Waals surface area contributed by atoms with E-state index in [4.69, 9.17) is 9.15 Å². The number of benzene rings is 3. The molecular weight excluding hydrogens is 466 g/mol. The second-order valence-corrected chi connectivity index (χ2v) is 9.99. The fraction of sp³-hybridized carbons (Fsp3) is 0.185. The molecule has 7 nitrogen and oxygen atoms in total. The smallest absolute Gasteiger partial charge is 0.336 e. The molecule has 180 valence electrons. The van der Waals surface area contributed by atoms with Crippen LogP contribution in [0.4, 0.5) is 0 Å². The van der Waals surface area contributed by atoms with Crippen LogP contribution in [0.2, 0.25) is 0 Å². The van der Waals surface area contributed by atoms with Gasteiger partial charge in [0.25, 0.3) is 0 Å². The van der Waals surface area contributed by atoms with Crippen molar-refractivity contribution in [3.63, 3.8) is 0 Å². The third-order valence-electron chi connectivity index (χ3n) is 5.60. The van der Waals surface area contributed by atoms with Gasteiger partial charge in [-0.15, -0.1) is 0 Å². The minimum Gasteiger partial charge on any atom is -0.424 e. The highest BCUT2D eigenvalue weighted by atomic mass is 32.2. The molecule has 0 aliphatic rings. The van der Waals surface area contributed by atoms with Crippen LogP contribution >= 0.6 is 0 Å². The fourth-order valence-corrected chi connectivity index (χ4v) is 5.01. The van der Waals surface area contributed by atoms with Gasteiger partial charge in [0.15, 0.2) is 0 Å². The number of fused-ring (bicyclic) bond motifs is 1. The van der Waals surface area contributed by atoms with Crippen LogP contribution in [0.1, 0.15) is 35.2 Å². The van der Waals surface area contributed by atoms with Gasteiger partial charge in [-0.1, -0.05) is 55.0 Å². The van der Waals surface area contributed by atoms with Crippen molar-refractivity contribution in [1.82, 2.24) is 4.72 Å². The second-order valence-electron chi connectivity index (χ2n) is 8.28. The van der Waals surface area contributed by atoms with Crippen LogP contribution in [0.5, 0.6) is 5.75 Å². The lowest BCUT2D eigenvalue weighted by molar-refractivity contribution is -0.136. The lowest BCUT2D eigenvalue weighted by atomic mass is 10.0. The highest BCUT2D eigenvalue weighted by molar-refractivity contribution is 7.89. The lowest BCUT2D eigenvalue weighted by Gasteiger charge is -2.19. The van der Waals surface area contributed by atoms with Crippen LogP contribution in [0.15, 0.2) is 86.9 Å². The van der Waals surface area contributed by atoms with Gasteiger partial charge in [0.1, 0.15) is 17.4 Å². The number of esters is 1. The Balaban J connectivity index is 1.76. The van der Waals surface area contributed by atoms with Gasteiger partial charge in [0, 0.05) is 6.07 Å². The first-order valence-corrected chi connectivity index (χ1v) is 12.6. The third kappa shape index (κ3) is 5.34. The standard InChI is InChI=1S/C27H25NO6S/c1-4-19-16-24(29)33-22-14-18(3)15-23(25(19)22)34-27(30)26(20-8-6-5-7-9-20)28-35(31,32)21-12-10-17(2)11-13-21/h5-16,26,28H,4H2,1-3H3/t26-/m1/s1. The number of carbonyl (C=O) groups excluding carboxylic acids is 1. The maximum Gasteiger partial charge on any atom is 0.336 e. The van der Waals surface area contributed by atoms with E-state index in [2.05, 4.69) is 4.72 Å². The van der Waals surface area contributed by atoms with Gasteiger partial charge in [-0.3, -0.25) is 0 Å². The predicted molar refractivity (Wildman–Crippen MR) is 133 cm³/mol. The highest BCUT2D eigenvalue weighted by Crippen LogP contribution is 2.31. The van der Waals surface area contributed by atoms with E-state index in [0.717, 1.165) is 5.56 Å². The van der Waals surface area contributed by atoms with Crippen molar-refractivity contribution >= 4 is 27.0 Å². The number of nitrogens with one attached hydrogen (secondary N) is 1. The summed E-state index contributed by atoms with van der Waals surface area (Å²) >= 11 is 0. The molecule has 0 aliphatic carbocycles. The number of hydrogen-bond donors (Lipinski definition) is 1. The number of sulfonamides is 1. The van der Waals surface area contributed by atoms with Gasteiger partial charge in [-0.2, -0.15) is 4.72 Å². The third-order valence-corrected chi connectivity index (χ3v) is 7.04. The molecule has 1 aromatic heterocycles. The summed E-state index contributed by atoms with van der Waals surface area (Å²) in [6.45, 7) is 5.51. The van der Waals surface area contributed by atoms with Crippen molar-refractivity contribution < 1.29 is 22.4 Å². The SMILES string of the molecule is CCc1cc(=O)oc2cc(C)cc(OC(=O)[C@H](NS(=O)(=O)c3ccc(C)cc3)c3ccccc3)c12. The summed E-state index contributed by atoms with van der Waals surface area (Å²) in [7, 11) is -4.04. The van der Waals surface area contributed by atoms with Gasteiger partial charge < -0.3 is 9.15 Å². The average molecular weight is 492 g/mol. The summed E-state index contributed by atoms with van der Waals surface area (Å²) in [4.78, 5) is 25.5. The first-order valence-electron chi connectivity index (χ1n) is 11.1. The average Bonchev–Trinajstić information content (AvgIpc) is 2.82. The summed E-state index contributed by atoms with van der Waals surface area (Å²) in [5, 5.41) is 0.499. The maximum atomic E-state index is 13.5. The molecule has 35 heavy (non-hydrogen) atoms. The Morgan fingerprint density at radius 1 is 0.971 bits per heavy atom. The minimum atomic E-state index is -4.04. The van der Waals surface area contributed by atoms with E-state index in [-0.39, 0.29) is 10.6 Å². The van der Waals surface area contributed by atoms with Crippen molar-refractivity contribution in [2.24, 2.45) is 0 Å². The molecular formula is C27H25NO6S. The van der Waals surface area contributed by atoms with Gasteiger partial charge in [-0.05, 0) is 61.2 Å². The number of aryl methyl sites for hydroxylation is 3. The summed E-state index contributed by atoms with van der Waals surface area (Å²) in [5.41, 5.74) is 2.52. The molecule has 0 amide bonds. The molecule has 0 unspecified atom stereocenters. The quantitative estimate of drug-likeness (QED) is 0.230. The molecule has 0 aliphatic heterocycles. The van der Waals surface area contributed by atoms with Crippen molar-refractivity contribution in [3.05, 3.63) is 105 Å². The summed E-state index contributed by atoms with van der Waals surface area (Å²) < 4.78 is 39.9. The molecule has 3 aromatic carbocycles. The van der Waals surface area contributed by atoms with E-state index < -0.39 is 27.7 Å². The Bertz CT molecular complexity index is 1540. The minimum absolute atomic E-state index is 0.0351. The molecule has 0 bridgehead atoms. The van der Waals surface area contributed by atoms with Gasteiger partial charge in [0.05, 0.1) is 10.3 Å². The number of carbonyl (C=O) groups is 1. The second kappa shape index (κ2) is 9.85. The zero-order valence-corrected chi connectivity index (χ0v) is 20.4. The molecule has 0 saturated heterocycles. The van der Waals surface area contributed by atoms with Crippen LogP contribution in [0.3, 0.4) is 0 Å². The van der Waals surface area contributed by atoms with E-state index >= 15 is 0 Å². The molecule has 1 atom stereocenters. The highest BCUT2D eigenvalue weighted by Gasteiger charge is 2.30. The van der Waals surface area contributed by atoms with Crippen LogP contribution in [-0.4, -0.2) is 14.4 Å². The number of ether oxygens (including phenoxy) is 1. The normalized spacial score (nSPS) is 12.4. The molecule has 1 N–H and O–H groups in total. The first kappa shape index (κ1) is 24.4. The van der Waals surface area contributed by atoms with Crippen molar-refractivity contribution in [2.75, 3.05) is 0 Å². The molecule has 0 radical (unpaired) electrons. The van der Waals surface area contributed by atoms with Crippen LogP contribution in [-0.2, 0) is 21.2 Å². The summed E-state index contributed by atoms with van der Waals surface area (Å²) in [5.74, 6) is -0.617. The summed E-state index contributed by atoms with van der Waals surface area (Å²) in [6, 6.07) is 18.2. The van der Waals surface area contributed by atoms with Crippen LogP contribution < -0.4 is 15.1 Å². The molecule has 8 heteroatoms. The van der Waals surface area contributed by atoms with E-state index in [1.807, 2.05) is 13.8 Å². The Morgan fingerprint density at radius 3 is 2.31 bits per heavy atom. The predicted octanol–water partition coefficient (Wildman–Crippen LogP) is 4.60. The van der Waals surface area contributed by atoms with Crippen molar-refractivity contribution in [2.45, 2.75) is 38.1 Å². The van der Waals surface area contributed by atoms with Crippen molar-refractivity contribution in [3.8, 4) is 5.75 Å². The van der Waals surface area contributed by atoms with Crippen LogP contribution in [0, 0.1) is 13.8 Å². The van der Waals surface area contributed by atoms with Crippen LogP contribution in [0.25, 0.3) is 11.0 Å². The number of rotatable bonds is 7. The summed E-state index contributed by atoms with van der Waals surface area (Å²) in [6.07, 6.45) is 0.512. The molecule has 4 aromatic rings. The zero-order valence-electron chi connectivity index (χ0n) is 19.6. The fourth-order valence-electron chi connectivity index (χ4n) is 3.84. The van der Waals surface area contributed by atoms with Gasteiger partial charge in [0.2, 0.25) is 10.0 Å². The Morgan fingerprint density at radius 2 is 1.66 bits per heavy atom. The maximum absolute atomic E-state index is 13.5. The topological polar surface area (TPSA) is 103 Å². The molecule has 1 heterocycles.